The van der Waals surface area contributed by atoms with Crippen molar-refractivity contribution in [2.45, 2.75) is 205 Å². The van der Waals surface area contributed by atoms with Crippen molar-refractivity contribution >= 4 is 39.2 Å². The van der Waals surface area contributed by atoms with Gasteiger partial charge in [-0.1, -0.05) is 153 Å². The summed E-state index contributed by atoms with van der Waals surface area (Å²) in [6.45, 7) is 1.58. The van der Waals surface area contributed by atoms with Crippen molar-refractivity contribution in [3.05, 3.63) is 59.2 Å². The number of fused-ring (bicyclic) bond motifs is 3. The predicted molar refractivity (Wildman–Crippen MR) is 270 cm³/mol. The molecular formula is C50H83N3O17P2. The third-order valence-electron chi connectivity index (χ3n) is 12.5. The van der Waals surface area contributed by atoms with Crippen LogP contribution in [0.4, 0.5) is 5.82 Å². The topological polar surface area (TPSA) is 303 Å². The number of nitrogens with zero attached hydrogens (tertiary/aromatic N) is 2. The Labute approximate surface area is 425 Å². The van der Waals surface area contributed by atoms with Gasteiger partial charge in [-0.3, -0.25) is 28.0 Å². The fourth-order valence-corrected chi connectivity index (χ4v) is 10.4. The number of hydrogen-bond donors (Lipinski definition) is 6. The number of nitrogens with two attached hydrogens (primary N) is 1. The number of phosphoric ester groups is 2. The van der Waals surface area contributed by atoms with Crippen LogP contribution >= 0.6 is 15.6 Å². The minimum Gasteiger partial charge on any atom is -0.462 e. The van der Waals surface area contributed by atoms with Crippen LogP contribution in [-0.4, -0.2) is 103 Å². The number of carbonyl (C=O) groups excluding carboxylic acids is 3. The van der Waals surface area contributed by atoms with E-state index in [9.17, 15) is 53.4 Å². The minimum absolute atomic E-state index is 0.0536. The summed E-state index contributed by atoms with van der Waals surface area (Å²) in [5, 5.41) is 33.8. The Hall–Kier alpha value is -3.39. The maximum absolute atomic E-state index is 13.8. The molecule has 22 heteroatoms. The number of allylic oxidation sites excluding steroid dienone is 3. The van der Waals surface area contributed by atoms with E-state index in [0.29, 0.717) is 25.7 Å². The zero-order valence-corrected chi connectivity index (χ0v) is 44.1. The van der Waals surface area contributed by atoms with Crippen molar-refractivity contribution in [1.29, 1.82) is 0 Å². The summed E-state index contributed by atoms with van der Waals surface area (Å²) in [6, 6.07) is 1.28. The average molecular weight is 1060 g/mol. The Bertz CT molecular complexity index is 2000. The first-order valence-electron chi connectivity index (χ1n) is 26.1. The van der Waals surface area contributed by atoms with Gasteiger partial charge in [0, 0.05) is 25.0 Å². The maximum atomic E-state index is 13.8. The van der Waals surface area contributed by atoms with Gasteiger partial charge in [0.25, 0.3) is 0 Å². The number of ketones is 1. The van der Waals surface area contributed by atoms with Crippen molar-refractivity contribution < 1.29 is 76.2 Å². The summed E-state index contributed by atoms with van der Waals surface area (Å²) < 4.78 is 59.0. The van der Waals surface area contributed by atoms with Gasteiger partial charge in [0.1, 0.15) is 30.9 Å². The monoisotopic (exact) mass is 1060 g/mol. The Balaban J connectivity index is 1.75. The van der Waals surface area contributed by atoms with Crippen LogP contribution in [0.25, 0.3) is 0 Å². The molecule has 2 aliphatic heterocycles. The summed E-state index contributed by atoms with van der Waals surface area (Å²) >= 11 is 0. The summed E-state index contributed by atoms with van der Waals surface area (Å²) in [7, 11) is -11.2. The second-order valence-electron chi connectivity index (χ2n) is 18.7. The van der Waals surface area contributed by atoms with E-state index in [1.165, 1.54) is 94.7 Å². The fourth-order valence-electron chi connectivity index (χ4n) is 8.28. The van der Waals surface area contributed by atoms with E-state index in [2.05, 4.69) is 16.2 Å². The lowest BCUT2D eigenvalue weighted by molar-refractivity contribution is -0.167. The molecule has 3 rings (SSSR count). The van der Waals surface area contributed by atoms with E-state index >= 15 is 0 Å². The van der Waals surface area contributed by atoms with Gasteiger partial charge in [0.15, 0.2) is 11.9 Å². The molecule has 72 heavy (non-hydrogen) atoms. The Morgan fingerprint density at radius 3 is 2.08 bits per heavy atom. The van der Waals surface area contributed by atoms with Crippen LogP contribution in [0.3, 0.4) is 0 Å². The van der Waals surface area contributed by atoms with Crippen LogP contribution in [0.15, 0.2) is 53.5 Å². The first-order valence-corrected chi connectivity index (χ1v) is 29.0. The molecule has 10 atom stereocenters. The number of hydrogen-bond acceptors (Lipinski definition) is 17. The van der Waals surface area contributed by atoms with Gasteiger partial charge >= 0.3 is 33.3 Å². The van der Waals surface area contributed by atoms with Crippen LogP contribution in [0.5, 0.6) is 0 Å². The van der Waals surface area contributed by atoms with Crippen molar-refractivity contribution in [3.63, 3.8) is 0 Å². The van der Waals surface area contributed by atoms with Crippen LogP contribution < -0.4 is 11.4 Å². The molecule has 2 unspecified atom stereocenters. The SMILES string of the molecule is CCCCCCCCCCCCCCCCCC(=O)OC[C@@H]1COP(=O)(O)OP(=O)(O)OC[C@H]2O[C@@H](n3ccc(N)nc3=O)[C@H](C=CC(=O)[C@H](C=C[C@@H](O)CCCCC)[C@H](O)[C@@H]2O)CC=CCCCC(=O)O1. The molecule has 0 amide bonds. The van der Waals surface area contributed by atoms with Gasteiger partial charge in [0.2, 0.25) is 0 Å². The number of unbranched alkanes of at least 4 members (excludes halogenated alkanes) is 16. The Kier molecular flexibility index (Phi) is 30.6. The lowest BCUT2D eigenvalue weighted by Gasteiger charge is -2.36. The second-order valence-corrected chi connectivity index (χ2v) is 21.7. The maximum Gasteiger partial charge on any atom is 0.481 e. The fraction of sp³-hybridized carbons (Fsp3) is 0.740. The molecule has 0 aliphatic carbocycles. The standard InChI is InChI=1S/C50H83N3O17P2/c1-3-5-7-8-9-10-11-12-13-14-15-16-17-18-23-27-45(56)65-35-40-36-66-71(61,62)70-72(63,64)67-37-43-48(59)47(58)41(31-30-39(54)26-21-6-4-2)42(55)32-29-38(25-22-19-20-24-28-46(57)68-40)49(69-43)53-34-33-44(51)52-50(53)60/h19,22,29-34,38-41,43,47-49,54,58-59H,3-18,20-21,23-28,35-37H2,1-2H3,(H,61,62)(H,63,64)(H2,51,52,60)/t38-,39-,40+,41-,43+,47-,48+,49+/m0/s1. The van der Waals surface area contributed by atoms with E-state index in [0.717, 1.165) is 49.2 Å². The third-order valence-corrected chi connectivity index (χ3v) is 15.1. The molecule has 0 saturated heterocycles. The lowest BCUT2D eigenvalue weighted by Crippen LogP contribution is -2.49. The number of ether oxygens (including phenoxy) is 3. The first kappa shape index (κ1) is 62.9. The largest absolute Gasteiger partial charge is 0.481 e. The zero-order valence-electron chi connectivity index (χ0n) is 42.3. The predicted octanol–water partition coefficient (Wildman–Crippen LogP) is 8.40. The number of aliphatic hydroxyl groups is 3. The number of aromatic nitrogens is 2. The number of nitrogen functional groups attached to an aromatic ring is 1. The molecule has 1 aromatic heterocycles. The van der Waals surface area contributed by atoms with Crippen molar-refractivity contribution in [3.8, 4) is 0 Å². The molecule has 0 fully saturated rings. The van der Waals surface area contributed by atoms with Gasteiger partial charge in [-0.15, -0.1) is 0 Å². The highest BCUT2D eigenvalue weighted by atomic mass is 31.3. The van der Waals surface area contributed by atoms with Crippen LogP contribution in [0.2, 0.25) is 0 Å². The molecule has 3 heterocycles. The number of cyclic esters (lactones) is 1. The van der Waals surface area contributed by atoms with Crippen molar-refractivity contribution in [2.75, 3.05) is 25.6 Å². The third kappa shape index (κ3) is 25.7. The second kappa shape index (κ2) is 35.0. The Morgan fingerprint density at radius 2 is 1.46 bits per heavy atom. The van der Waals surface area contributed by atoms with Crippen LogP contribution in [-0.2, 0) is 51.1 Å². The smallest absolute Gasteiger partial charge is 0.462 e. The average Bonchev–Trinajstić information content (AvgIpc) is 3.32. The van der Waals surface area contributed by atoms with E-state index in [1.807, 2.05) is 6.92 Å². The summed E-state index contributed by atoms with van der Waals surface area (Å²) in [4.78, 5) is 77.8. The quantitative estimate of drug-likeness (QED) is 0.0232. The molecule has 7 N–H and O–H groups in total. The lowest BCUT2D eigenvalue weighted by atomic mass is 9.88. The van der Waals surface area contributed by atoms with Crippen LogP contribution in [0.1, 0.15) is 174 Å². The van der Waals surface area contributed by atoms with Gasteiger partial charge in [-0.05, 0) is 44.2 Å². The first-order chi connectivity index (χ1) is 34.4. The molecule has 1 aromatic rings. The molecule has 2 bridgehead atoms. The molecule has 20 nitrogen and oxygen atoms in total. The molecule has 0 spiro atoms. The molecule has 0 radical (unpaired) electrons. The van der Waals surface area contributed by atoms with E-state index in [4.69, 9.17) is 29.0 Å². The van der Waals surface area contributed by atoms with Crippen LogP contribution in [0, 0.1) is 11.8 Å². The minimum atomic E-state index is -5.67. The molecule has 410 valence electrons. The van der Waals surface area contributed by atoms with Gasteiger partial charge in [-0.25, -0.2) is 13.9 Å². The number of rotatable bonds is 25. The van der Waals surface area contributed by atoms with Gasteiger partial charge in [0.05, 0.1) is 31.3 Å². The number of phosphoric acid groups is 2. The number of aliphatic hydroxyl groups excluding tert-OH is 3. The van der Waals surface area contributed by atoms with Gasteiger partial charge in [-0.2, -0.15) is 9.29 Å². The van der Waals surface area contributed by atoms with Crippen molar-refractivity contribution in [1.82, 2.24) is 9.55 Å². The van der Waals surface area contributed by atoms with E-state index in [1.54, 1.807) is 12.2 Å². The summed E-state index contributed by atoms with van der Waals surface area (Å²) in [6.07, 6.45) is 20.7. The zero-order chi connectivity index (χ0) is 52.8. The molecular weight excluding hydrogens is 977 g/mol. The summed E-state index contributed by atoms with van der Waals surface area (Å²) in [5.41, 5.74) is 4.83. The normalized spacial score (nSPS) is 27.9. The summed E-state index contributed by atoms with van der Waals surface area (Å²) in [5.74, 6) is -4.64. The Morgan fingerprint density at radius 1 is 0.861 bits per heavy atom. The molecule has 2 aliphatic rings. The van der Waals surface area contributed by atoms with E-state index in [-0.39, 0.29) is 31.5 Å². The number of anilines is 1. The molecule has 0 aromatic carbocycles. The van der Waals surface area contributed by atoms with Crippen molar-refractivity contribution in [2.24, 2.45) is 11.8 Å². The highest BCUT2D eigenvalue weighted by Gasteiger charge is 2.42. The molecule has 0 saturated carbocycles. The highest BCUT2D eigenvalue weighted by molar-refractivity contribution is 7.61. The van der Waals surface area contributed by atoms with Gasteiger partial charge < -0.3 is 45.1 Å². The number of esters is 2. The highest BCUT2D eigenvalue weighted by Crippen LogP contribution is 2.60. The number of carbonyl (C=O) groups is 3. The van der Waals surface area contributed by atoms with E-state index < -0.39 is 107 Å².